The fraction of sp³-hybridized carbons (Fsp3) is 0.455. The van der Waals surface area contributed by atoms with Crippen LogP contribution < -0.4 is 4.74 Å². The van der Waals surface area contributed by atoms with E-state index >= 15 is 0 Å². The lowest BCUT2D eigenvalue weighted by Gasteiger charge is -2.32. The van der Waals surface area contributed by atoms with Crippen LogP contribution in [0, 0.1) is 5.92 Å². The summed E-state index contributed by atoms with van der Waals surface area (Å²) in [6.45, 7) is 7.15. The van der Waals surface area contributed by atoms with Gasteiger partial charge in [-0.05, 0) is 73.9 Å². The van der Waals surface area contributed by atoms with Crippen molar-refractivity contribution in [3.05, 3.63) is 64.2 Å². The van der Waals surface area contributed by atoms with E-state index in [2.05, 4.69) is 38.1 Å². The minimum absolute atomic E-state index is 0.176. The zero-order chi connectivity index (χ0) is 17.8. The van der Waals surface area contributed by atoms with Gasteiger partial charge in [-0.1, -0.05) is 42.8 Å². The molecule has 134 valence electrons. The highest BCUT2D eigenvalue weighted by atomic mass is 35.5. The molecule has 1 aliphatic rings. The molecule has 0 aliphatic carbocycles. The Kier molecular flexibility index (Phi) is 6.03. The Bertz CT molecular complexity index is 686. The fourth-order valence-corrected chi connectivity index (χ4v) is 3.84. The van der Waals surface area contributed by atoms with E-state index in [0.717, 1.165) is 35.6 Å². The lowest BCUT2D eigenvalue weighted by Crippen LogP contribution is -2.24. The molecule has 25 heavy (non-hydrogen) atoms. The molecular formula is C22H27ClO2. The van der Waals surface area contributed by atoms with Gasteiger partial charge in [0.1, 0.15) is 5.75 Å². The van der Waals surface area contributed by atoms with Gasteiger partial charge in [-0.2, -0.15) is 0 Å². The highest BCUT2D eigenvalue weighted by Gasteiger charge is 2.26. The van der Waals surface area contributed by atoms with Crippen molar-refractivity contribution in [2.75, 3.05) is 6.61 Å². The maximum atomic E-state index is 6.46. The average molecular weight is 359 g/mol. The molecule has 0 amide bonds. The van der Waals surface area contributed by atoms with Crippen LogP contribution >= 0.6 is 11.6 Å². The Hall–Kier alpha value is -1.51. The molecule has 3 rings (SSSR count). The molecule has 1 aliphatic heterocycles. The number of hydrogen-bond acceptors (Lipinski definition) is 2. The summed E-state index contributed by atoms with van der Waals surface area (Å²) in [6.07, 6.45) is 3.53. The van der Waals surface area contributed by atoms with E-state index in [1.54, 1.807) is 0 Å². The molecule has 0 radical (unpaired) electrons. The summed E-state index contributed by atoms with van der Waals surface area (Å²) < 4.78 is 11.7. The van der Waals surface area contributed by atoms with E-state index in [9.17, 15) is 0 Å². The van der Waals surface area contributed by atoms with Gasteiger partial charge in [0.05, 0.1) is 18.8 Å². The molecule has 0 N–H and O–H groups in total. The monoisotopic (exact) mass is 358 g/mol. The van der Waals surface area contributed by atoms with Crippen LogP contribution in [0.3, 0.4) is 0 Å². The van der Waals surface area contributed by atoms with E-state index < -0.39 is 0 Å². The van der Waals surface area contributed by atoms with E-state index in [4.69, 9.17) is 21.1 Å². The number of rotatable bonds is 5. The van der Waals surface area contributed by atoms with Crippen molar-refractivity contribution in [3.8, 4) is 5.75 Å². The van der Waals surface area contributed by atoms with Gasteiger partial charge < -0.3 is 9.47 Å². The van der Waals surface area contributed by atoms with Crippen LogP contribution in [-0.4, -0.2) is 12.7 Å². The third kappa shape index (κ3) is 4.77. The molecule has 1 saturated heterocycles. The van der Waals surface area contributed by atoms with Crippen molar-refractivity contribution in [3.63, 3.8) is 0 Å². The Morgan fingerprint density at radius 3 is 2.52 bits per heavy atom. The summed E-state index contributed by atoms with van der Waals surface area (Å²) in [5.74, 6) is 1.60. The second kappa shape index (κ2) is 8.25. The van der Waals surface area contributed by atoms with Gasteiger partial charge in [0.15, 0.2) is 0 Å². The topological polar surface area (TPSA) is 18.5 Å². The molecule has 2 nitrogen and oxygen atoms in total. The van der Waals surface area contributed by atoms with E-state index in [1.165, 1.54) is 11.1 Å². The summed E-state index contributed by atoms with van der Waals surface area (Å²) in [4.78, 5) is 0. The van der Waals surface area contributed by atoms with E-state index in [1.807, 2.05) is 25.1 Å². The van der Waals surface area contributed by atoms with Crippen LogP contribution in [0.4, 0.5) is 0 Å². The largest absolute Gasteiger partial charge is 0.494 e. The van der Waals surface area contributed by atoms with E-state index in [0.29, 0.717) is 18.6 Å². The minimum atomic E-state index is 0.176. The Labute approximate surface area is 156 Å². The summed E-state index contributed by atoms with van der Waals surface area (Å²) in [5.41, 5.74) is 3.62. The molecule has 3 heteroatoms. The first-order valence-corrected chi connectivity index (χ1v) is 9.58. The second-order valence-electron chi connectivity index (χ2n) is 7.12. The zero-order valence-electron chi connectivity index (χ0n) is 15.3. The standard InChI is InChI=1S/C22H27ClO2/c1-4-24-20-8-5-17(6-9-20)13-19-14-18(7-10-21(19)23)22-12-15(2)11-16(3)25-22/h5-10,14-16,22H,4,11-13H2,1-3H3/t15-,16+,22+/m0/s1. The smallest absolute Gasteiger partial charge is 0.119 e. The zero-order valence-corrected chi connectivity index (χ0v) is 16.1. The number of hydrogen-bond donors (Lipinski definition) is 0. The predicted octanol–water partition coefficient (Wildman–Crippen LogP) is 6.21. The molecule has 2 aromatic carbocycles. The summed E-state index contributed by atoms with van der Waals surface area (Å²) in [5, 5.41) is 0.814. The van der Waals surface area contributed by atoms with Gasteiger partial charge in [0, 0.05) is 5.02 Å². The van der Waals surface area contributed by atoms with Crippen molar-refractivity contribution < 1.29 is 9.47 Å². The lowest BCUT2D eigenvalue weighted by atomic mass is 9.89. The molecular weight excluding hydrogens is 332 g/mol. The van der Waals surface area contributed by atoms with Crippen molar-refractivity contribution >= 4 is 11.6 Å². The third-order valence-corrected chi connectivity index (χ3v) is 5.19. The Morgan fingerprint density at radius 1 is 1.08 bits per heavy atom. The molecule has 0 aromatic heterocycles. The van der Waals surface area contributed by atoms with Crippen LogP contribution in [0.5, 0.6) is 5.75 Å². The predicted molar refractivity (Wildman–Crippen MR) is 104 cm³/mol. The van der Waals surface area contributed by atoms with Crippen LogP contribution in [0.15, 0.2) is 42.5 Å². The molecule has 1 heterocycles. The molecule has 0 spiro atoms. The van der Waals surface area contributed by atoms with Gasteiger partial charge in [-0.25, -0.2) is 0 Å². The van der Waals surface area contributed by atoms with Crippen molar-refractivity contribution in [2.24, 2.45) is 5.92 Å². The van der Waals surface area contributed by atoms with Crippen LogP contribution in [-0.2, 0) is 11.2 Å². The van der Waals surface area contributed by atoms with E-state index in [-0.39, 0.29) is 6.10 Å². The Balaban J connectivity index is 1.77. The maximum Gasteiger partial charge on any atom is 0.119 e. The number of benzene rings is 2. The maximum absolute atomic E-state index is 6.46. The molecule has 3 atom stereocenters. The fourth-order valence-electron chi connectivity index (χ4n) is 3.66. The van der Waals surface area contributed by atoms with Gasteiger partial charge in [0.25, 0.3) is 0 Å². The van der Waals surface area contributed by atoms with Gasteiger partial charge in [0.2, 0.25) is 0 Å². The summed E-state index contributed by atoms with van der Waals surface area (Å²) in [6, 6.07) is 14.6. The second-order valence-corrected chi connectivity index (χ2v) is 7.52. The lowest BCUT2D eigenvalue weighted by molar-refractivity contribution is -0.0604. The van der Waals surface area contributed by atoms with Crippen molar-refractivity contribution in [1.29, 1.82) is 0 Å². The summed E-state index contributed by atoms with van der Waals surface area (Å²) >= 11 is 6.46. The van der Waals surface area contributed by atoms with Gasteiger partial charge in [-0.3, -0.25) is 0 Å². The normalized spacial score (nSPS) is 23.4. The highest BCUT2D eigenvalue weighted by molar-refractivity contribution is 6.31. The van der Waals surface area contributed by atoms with Crippen molar-refractivity contribution in [2.45, 2.75) is 52.2 Å². The third-order valence-electron chi connectivity index (χ3n) is 4.82. The van der Waals surface area contributed by atoms with Gasteiger partial charge in [-0.15, -0.1) is 0 Å². The first kappa shape index (κ1) is 18.3. The Morgan fingerprint density at radius 2 is 1.84 bits per heavy atom. The molecule has 2 aromatic rings. The number of halogens is 1. The van der Waals surface area contributed by atoms with Crippen molar-refractivity contribution in [1.82, 2.24) is 0 Å². The first-order valence-electron chi connectivity index (χ1n) is 9.20. The molecule has 0 saturated carbocycles. The average Bonchev–Trinajstić information content (AvgIpc) is 2.58. The quantitative estimate of drug-likeness (QED) is 0.633. The SMILES string of the molecule is CCOc1ccc(Cc2cc([C@H]3C[C@@H](C)C[C@@H](C)O3)ccc2Cl)cc1. The minimum Gasteiger partial charge on any atom is -0.494 e. The number of ether oxygens (including phenoxy) is 2. The first-order chi connectivity index (χ1) is 12.0. The van der Waals surface area contributed by atoms with Crippen LogP contribution in [0.1, 0.15) is 56.4 Å². The summed E-state index contributed by atoms with van der Waals surface area (Å²) in [7, 11) is 0. The molecule has 0 unspecified atom stereocenters. The highest BCUT2D eigenvalue weighted by Crippen LogP contribution is 2.36. The van der Waals surface area contributed by atoms with Crippen LogP contribution in [0.2, 0.25) is 5.02 Å². The van der Waals surface area contributed by atoms with Gasteiger partial charge >= 0.3 is 0 Å². The molecule has 0 bridgehead atoms. The van der Waals surface area contributed by atoms with Crippen LogP contribution in [0.25, 0.3) is 0 Å². The molecule has 1 fully saturated rings.